The Bertz CT molecular complexity index is 226. The Labute approximate surface area is 109 Å². The number of nitrogens with two attached hydrogens (primary N) is 1. The Hall–Kier alpha value is -0.690. The van der Waals surface area contributed by atoms with Crippen molar-refractivity contribution < 1.29 is 19.0 Å². The van der Waals surface area contributed by atoms with Gasteiger partial charge >= 0.3 is 5.97 Å². The molecule has 0 heterocycles. The molecule has 6 nitrogen and oxygen atoms in total. The van der Waals surface area contributed by atoms with E-state index in [-0.39, 0.29) is 12.0 Å². The van der Waals surface area contributed by atoms with Crippen LogP contribution in [-0.2, 0) is 19.0 Å². The number of rotatable bonds is 10. The molecule has 0 amide bonds. The predicted octanol–water partition coefficient (Wildman–Crippen LogP) is -0.140. The third-order valence-electron chi connectivity index (χ3n) is 2.63. The Balaban J connectivity index is 4.32. The molecule has 0 aromatic rings. The molecule has 2 N–H and O–H groups in total. The molecule has 0 radical (unpaired) electrons. The highest BCUT2D eigenvalue weighted by Crippen LogP contribution is 2.02. The van der Waals surface area contributed by atoms with E-state index in [1.54, 1.807) is 21.1 Å². The van der Waals surface area contributed by atoms with Crippen LogP contribution in [0.15, 0.2) is 0 Å². The summed E-state index contributed by atoms with van der Waals surface area (Å²) < 4.78 is 15.1. The zero-order valence-corrected chi connectivity index (χ0v) is 11.8. The molecular weight excluding hydrogens is 236 g/mol. The van der Waals surface area contributed by atoms with Gasteiger partial charge in [0.2, 0.25) is 0 Å². The fourth-order valence-electron chi connectivity index (χ4n) is 1.62. The summed E-state index contributed by atoms with van der Waals surface area (Å²) in [5.74, 6) is -0.371. The Kier molecular flexibility index (Phi) is 9.86. The molecule has 0 saturated carbocycles. The van der Waals surface area contributed by atoms with Crippen LogP contribution in [0.5, 0.6) is 0 Å². The van der Waals surface area contributed by atoms with Crippen LogP contribution in [0.4, 0.5) is 0 Å². The topological polar surface area (TPSA) is 74.0 Å². The minimum Gasteiger partial charge on any atom is -0.465 e. The molecular formula is C12H26N2O4. The molecule has 0 aromatic carbocycles. The van der Waals surface area contributed by atoms with Crippen molar-refractivity contribution in [2.75, 3.05) is 47.1 Å². The fraction of sp³-hybridized carbons (Fsp3) is 0.917. The van der Waals surface area contributed by atoms with E-state index < -0.39 is 6.04 Å². The van der Waals surface area contributed by atoms with E-state index >= 15 is 0 Å². The van der Waals surface area contributed by atoms with E-state index in [9.17, 15) is 4.79 Å². The lowest BCUT2D eigenvalue weighted by atomic mass is 10.2. The average Bonchev–Trinajstić information content (AvgIpc) is 2.34. The summed E-state index contributed by atoms with van der Waals surface area (Å²) in [6.07, 6.45) is 0. The Morgan fingerprint density at radius 2 is 2.00 bits per heavy atom. The Morgan fingerprint density at radius 3 is 2.50 bits per heavy atom. The van der Waals surface area contributed by atoms with Gasteiger partial charge in [0.25, 0.3) is 0 Å². The first kappa shape index (κ1) is 17.3. The van der Waals surface area contributed by atoms with Crippen molar-refractivity contribution in [2.24, 2.45) is 5.73 Å². The zero-order chi connectivity index (χ0) is 14.0. The van der Waals surface area contributed by atoms with Crippen LogP contribution in [0, 0.1) is 0 Å². The molecule has 0 aromatic heterocycles. The van der Waals surface area contributed by atoms with Crippen molar-refractivity contribution in [3.8, 4) is 0 Å². The SMILES string of the molecule is CCOC(=O)C(N)CN(CCOC)C(C)COC. The second-order valence-electron chi connectivity index (χ2n) is 4.15. The van der Waals surface area contributed by atoms with Gasteiger partial charge in [-0.2, -0.15) is 0 Å². The molecule has 2 atom stereocenters. The average molecular weight is 262 g/mol. The highest BCUT2D eigenvalue weighted by Gasteiger charge is 2.21. The summed E-state index contributed by atoms with van der Waals surface area (Å²) in [7, 11) is 3.29. The van der Waals surface area contributed by atoms with Gasteiger partial charge in [0, 0.05) is 33.4 Å². The second kappa shape index (κ2) is 10.3. The fourth-order valence-corrected chi connectivity index (χ4v) is 1.62. The number of hydrogen-bond donors (Lipinski definition) is 1. The molecule has 2 unspecified atom stereocenters. The summed E-state index contributed by atoms with van der Waals surface area (Å²) in [6, 6.07) is -0.466. The predicted molar refractivity (Wildman–Crippen MR) is 69.4 cm³/mol. The molecule has 108 valence electrons. The normalized spacial score (nSPS) is 14.6. The minimum absolute atomic E-state index is 0.172. The maximum Gasteiger partial charge on any atom is 0.324 e. The third-order valence-corrected chi connectivity index (χ3v) is 2.63. The Morgan fingerprint density at radius 1 is 1.33 bits per heavy atom. The zero-order valence-electron chi connectivity index (χ0n) is 11.8. The first-order valence-corrected chi connectivity index (χ1v) is 6.20. The number of methoxy groups -OCH3 is 2. The molecule has 0 rings (SSSR count). The van der Waals surface area contributed by atoms with Gasteiger partial charge in [-0.15, -0.1) is 0 Å². The largest absolute Gasteiger partial charge is 0.465 e. The summed E-state index contributed by atoms with van der Waals surface area (Å²) >= 11 is 0. The van der Waals surface area contributed by atoms with Gasteiger partial charge in [0.05, 0.1) is 19.8 Å². The maximum absolute atomic E-state index is 11.5. The van der Waals surface area contributed by atoms with Gasteiger partial charge in [0.1, 0.15) is 6.04 Å². The number of nitrogens with zero attached hydrogens (tertiary/aromatic N) is 1. The summed E-state index contributed by atoms with van der Waals surface area (Å²) in [6.45, 7) is 6.44. The van der Waals surface area contributed by atoms with E-state index in [2.05, 4.69) is 4.90 Å². The summed E-state index contributed by atoms with van der Waals surface area (Å²) in [4.78, 5) is 13.6. The van der Waals surface area contributed by atoms with E-state index in [1.165, 1.54) is 0 Å². The van der Waals surface area contributed by atoms with Gasteiger partial charge < -0.3 is 19.9 Å². The minimum atomic E-state index is -0.638. The van der Waals surface area contributed by atoms with Crippen LogP contribution < -0.4 is 5.73 Å². The van der Waals surface area contributed by atoms with Crippen molar-refractivity contribution in [1.29, 1.82) is 0 Å². The molecule has 0 aliphatic rings. The molecule has 18 heavy (non-hydrogen) atoms. The van der Waals surface area contributed by atoms with E-state index in [0.717, 1.165) is 0 Å². The molecule has 0 aliphatic heterocycles. The van der Waals surface area contributed by atoms with Gasteiger partial charge in [-0.1, -0.05) is 0 Å². The molecule has 0 saturated heterocycles. The monoisotopic (exact) mass is 262 g/mol. The molecule has 0 bridgehead atoms. The third kappa shape index (κ3) is 6.90. The highest BCUT2D eigenvalue weighted by atomic mass is 16.5. The number of esters is 1. The van der Waals surface area contributed by atoms with E-state index in [0.29, 0.717) is 32.9 Å². The molecule has 0 fully saturated rings. The van der Waals surface area contributed by atoms with Crippen LogP contribution in [0.25, 0.3) is 0 Å². The van der Waals surface area contributed by atoms with Crippen LogP contribution in [0.1, 0.15) is 13.8 Å². The summed E-state index contributed by atoms with van der Waals surface area (Å²) in [5, 5.41) is 0. The molecule has 0 spiro atoms. The quantitative estimate of drug-likeness (QED) is 0.552. The standard InChI is InChI=1S/C12H26N2O4/c1-5-18-12(15)11(13)8-14(6-7-16-3)10(2)9-17-4/h10-11H,5-9,13H2,1-4H3. The second-order valence-corrected chi connectivity index (χ2v) is 4.15. The lowest BCUT2D eigenvalue weighted by molar-refractivity contribution is -0.145. The van der Waals surface area contributed by atoms with Crippen molar-refractivity contribution >= 4 is 5.97 Å². The number of carbonyl (C=O) groups excluding carboxylic acids is 1. The van der Waals surface area contributed by atoms with Crippen LogP contribution in [-0.4, -0.2) is 70.1 Å². The van der Waals surface area contributed by atoms with Gasteiger partial charge in [0.15, 0.2) is 0 Å². The first-order chi connectivity index (χ1) is 8.56. The van der Waals surface area contributed by atoms with Crippen LogP contribution in [0.3, 0.4) is 0 Å². The lowest BCUT2D eigenvalue weighted by Crippen LogP contribution is -2.48. The van der Waals surface area contributed by atoms with Crippen molar-refractivity contribution in [3.63, 3.8) is 0 Å². The van der Waals surface area contributed by atoms with E-state index in [1.807, 2.05) is 6.92 Å². The number of carbonyl (C=O) groups is 1. The highest BCUT2D eigenvalue weighted by molar-refractivity contribution is 5.75. The number of hydrogen-bond acceptors (Lipinski definition) is 6. The first-order valence-electron chi connectivity index (χ1n) is 6.20. The van der Waals surface area contributed by atoms with Gasteiger partial charge in [-0.3, -0.25) is 9.69 Å². The van der Waals surface area contributed by atoms with Gasteiger partial charge in [-0.05, 0) is 13.8 Å². The molecule has 0 aliphatic carbocycles. The van der Waals surface area contributed by atoms with Crippen LogP contribution in [0.2, 0.25) is 0 Å². The van der Waals surface area contributed by atoms with Gasteiger partial charge in [-0.25, -0.2) is 0 Å². The maximum atomic E-state index is 11.5. The molecule has 6 heteroatoms. The summed E-state index contributed by atoms with van der Waals surface area (Å²) in [5.41, 5.74) is 5.81. The van der Waals surface area contributed by atoms with Crippen molar-refractivity contribution in [1.82, 2.24) is 4.90 Å². The number of ether oxygens (including phenoxy) is 3. The van der Waals surface area contributed by atoms with Crippen molar-refractivity contribution in [3.05, 3.63) is 0 Å². The van der Waals surface area contributed by atoms with Crippen molar-refractivity contribution in [2.45, 2.75) is 25.9 Å². The lowest BCUT2D eigenvalue weighted by Gasteiger charge is -2.30. The van der Waals surface area contributed by atoms with Crippen LogP contribution >= 0.6 is 0 Å². The van der Waals surface area contributed by atoms with E-state index in [4.69, 9.17) is 19.9 Å². The smallest absolute Gasteiger partial charge is 0.324 e.